The number of pyridine rings is 2. The molecule has 0 aliphatic heterocycles. The van der Waals surface area contributed by atoms with E-state index in [9.17, 15) is 17.2 Å². The Bertz CT molecular complexity index is 1340. The average molecular weight is 443 g/mol. The van der Waals surface area contributed by atoms with Crippen molar-refractivity contribution in [1.82, 2.24) is 19.9 Å². The van der Waals surface area contributed by atoms with E-state index >= 15 is 0 Å². The normalized spacial score (nSPS) is 11.3. The van der Waals surface area contributed by atoms with E-state index in [-0.39, 0.29) is 11.6 Å². The lowest BCUT2D eigenvalue weighted by molar-refractivity contribution is 0.400. The van der Waals surface area contributed by atoms with Crippen molar-refractivity contribution in [3.8, 4) is 28.7 Å². The maximum absolute atomic E-state index is 14.0. The zero-order valence-electron chi connectivity index (χ0n) is 16.0. The van der Waals surface area contributed by atoms with Crippen molar-refractivity contribution in [2.45, 2.75) is 4.90 Å². The molecule has 3 aromatic heterocycles. The molecule has 8 nitrogen and oxygen atoms in total. The van der Waals surface area contributed by atoms with Crippen LogP contribution in [0.25, 0.3) is 22.8 Å². The molecule has 158 valence electrons. The average Bonchev–Trinajstić information content (AvgIpc) is 3.28. The van der Waals surface area contributed by atoms with Gasteiger partial charge in [-0.1, -0.05) is 6.07 Å². The summed E-state index contributed by atoms with van der Waals surface area (Å²) in [6.07, 6.45) is 4.73. The van der Waals surface area contributed by atoms with Gasteiger partial charge in [-0.05, 0) is 30.3 Å². The van der Waals surface area contributed by atoms with Gasteiger partial charge in [0, 0.05) is 30.2 Å². The number of hydrogen-bond donors (Lipinski definition) is 2. The van der Waals surface area contributed by atoms with Crippen molar-refractivity contribution in [3.63, 3.8) is 0 Å². The first kappa shape index (κ1) is 20.4. The molecule has 0 fully saturated rings. The lowest BCUT2D eigenvalue weighted by Crippen LogP contribution is -2.16. The fourth-order valence-corrected chi connectivity index (χ4v) is 3.96. The van der Waals surface area contributed by atoms with Crippen LogP contribution in [0.15, 0.2) is 66.0 Å². The maximum atomic E-state index is 14.0. The van der Waals surface area contributed by atoms with Crippen LogP contribution >= 0.6 is 0 Å². The van der Waals surface area contributed by atoms with E-state index in [0.717, 1.165) is 12.1 Å². The van der Waals surface area contributed by atoms with E-state index in [4.69, 9.17) is 4.74 Å². The van der Waals surface area contributed by atoms with Crippen LogP contribution in [-0.2, 0) is 10.0 Å². The summed E-state index contributed by atoms with van der Waals surface area (Å²) in [6.45, 7) is 0. The fourth-order valence-electron chi connectivity index (χ4n) is 2.85. The molecule has 4 rings (SSSR count). The van der Waals surface area contributed by atoms with Crippen LogP contribution in [0.4, 0.5) is 14.5 Å². The number of nitrogens with one attached hydrogen (secondary N) is 2. The minimum absolute atomic E-state index is 0.0305. The molecule has 0 aliphatic rings. The third-order valence-corrected chi connectivity index (χ3v) is 5.66. The van der Waals surface area contributed by atoms with Gasteiger partial charge in [-0.3, -0.25) is 4.72 Å². The predicted octanol–water partition coefficient (Wildman–Crippen LogP) is 3.62. The van der Waals surface area contributed by atoms with E-state index in [1.165, 1.54) is 19.4 Å². The number of halogens is 2. The molecule has 31 heavy (non-hydrogen) atoms. The molecule has 0 unspecified atom stereocenters. The van der Waals surface area contributed by atoms with Crippen LogP contribution in [0.3, 0.4) is 0 Å². The van der Waals surface area contributed by atoms with Crippen LogP contribution in [-0.4, -0.2) is 35.5 Å². The third-order valence-electron chi connectivity index (χ3n) is 4.26. The van der Waals surface area contributed by atoms with Gasteiger partial charge in [-0.15, -0.1) is 0 Å². The van der Waals surface area contributed by atoms with Gasteiger partial charge in [-0.2, -0.15) is 0 Å². The number of rotatable bonds is 6. The third kappa shape index (κ3) is 4.21. The Labute approximate surface area is 176 Å². The number of anilines is 1. The lowest BCUT2D eigenvalue weighted by Gasteiger charge is -2.13. The monoisotopic (exact) mass is 443 g/mol. The molecule has 2 N–H and O–H groups in total. The molecule has 0 radical (unpaired) electrons. The molecule has 1 aromatic carbocycles. The second-order valence-corrected chi connectivity index (χ2v) is 7.96. The summed E-state index contributed by atoms with van der Waals surface area (Å²) in [5, 5.41) is 0. The van der Waals surface area contributed by atoms with Gasteiger partial charge < -0.3 is 9.72 Å². The van der Waals surface area contributed by atoms with Crippen molar-refractivity contribution in [2.24, 2.45) is 0 Å². The van der Waals surface area contributed by atoms with Crippen molar-refractivity contribution < 1.29 is 21.9 Å². The maximum Gasteiger partial charge on any atom is 0.264 e. The van der Waals surface area contributed by atoms with Gasteiger partial charge in [0.05, 0.1) is 12.8 Å². The minimum atomic E-state index is -4.38. The topological polar surface area (TPSA) is 110 Å². The molecule has 0 spiro atoms. The first-order valence-corrected chi connectivity index (χ1v) is 10.3. The van der Waals surface area contributed by atoms with Crippen LogP contribution in [0.5, 0.6) is 5.88 Å². The number of aromatic amines is 1. The quantitative estimate of drug-likeness (QED) is 0.471. The highest BCUT2D eigenvalue weighted by Gasteiger charge is 2.22. The number of H-pyrrole nitrogens is 1. The zero-order chi connectivity index (χ0) is 22.0. The minimum Gasteiger partial charge on any atom is -0.480 e. The predicted molar refractivity (Wildman–Crippen MR) is 109 cm³/mol. The first-order valence-electron chi connectivity index (χ1n) is 8.86. The molecule has 0 bridgehead atoms. The lowest BCUT2D eigenvalue weighted by atomic mass is 10.1. The zero-order valence-corrected chi connectivity index (χ0v) is 16.8. The highest BCUT2D eigenvalue weighted by Crippen LogP contribution is 2.30. The molecule has 0 aliphatic carbocycles. The van der Waals surface area contributed by atoms with Crippen molar-refractivity contribution in [1.29, 1.82) is 0 Å². The molecule has 0 amide bonds. The van der Waals surface area contributed by atoms with Crippen molar-refractivity contribution >= 4 is 15.7 Å². The smallest absolute Gasteiger partial charge is 0.264 e. The summed E-state index contributed by atoms with van der Waals surface area (Å²) >= 11 is 0. The fraction of sp³-hybridized carbons (Fsp3) is 0.0500. The number of methoxy groups -OCH3 is 1. The second-order valence-electron chi connectivity index (χ2n) is 6.31. The summed E-state index contributed by atoms with van der Waals surface area (Å²) in [4.78, 5) is 15.0. The summed E-state index contributed by atoms with van der Waals surface area (Å²) in [5.74, 6) is -1.57. The second kappa shape index (κ2) is 8.11. The number of nitrogens with zero attached hydrogens (tertiary/aromatic N) is 3. The Hall–Kier alpha value is -3.86. The Morgan fingerprint density at radius 1 is 1.06 bits per heavy atom. The molecular formula is C20H15F2N5O3S. The van der Waals surface area contributed by atoms with Gasteiger partial charge >= 0.3 is 0 Å². The SMILES string of the molecule is COc1ncc(-c2cccc(-c3ncc[nH]3)n2)cc1NS(=O)(=O)c1ccc(F)cc1F. The number of ether oxygens (including phenoxy) is 1. The Kier molecular flexibility index (Phi) is 5.34. The standard InChI is InChI=1S/C20H15F2N5O3S/c1-30-20-17(27-31(28,29)18-6-5-13(21)10-14(18)22)9-12(11-25-20)15-3-2-4-16(26-15)19-23-7-8-24-19/h2-11,27H,1H3,(H,23,24). The number of benzene rings is 1. The Morgan fingerprint density at radius 3 is 2.58 bits per heavy atom. The van der Waals surface area contributed by atoms with E-state index in [2.05, 4.69) is 24.7 Å². The number of hydrogen-bond acceptors (Lipinski definition) is 6. The van der Waals surface area contributed by atoms with Gasteiger partial charge in [0.2, 0.25) is 5.88 Å². The Morgan fingerprint density at radius 2 is 1.87 bits per heavy atom. The van der Waals surface area contributed by atoms with E-state index < -0.39 is 26.6 Å². The summed E-state index contributed by atoms with van der Waals surface area (Å²) in [5.41, 5.74) is 1.52. The first-order chi connectivity index (χ1) is 14.9. The summed E-state index contributed by atoms with van der Waals surface area (Å²) in [6, 6.07) is 8.89. The Balaban J connectivity index is 1.73. The number of aromatic nitrogens is 4. The highest BCUT2D eigenvalue weighted by molar-refractivity contribution is 7.92. The summed E-state index contributed by atoms with van der Waals surface area (Å²) in [7, 11) is -3.07. The molecule has 0 saturated heterocycles. The van der Waals surface area contributed by atoms with E-state index in [1.807, 2.05) is 0 Å². The van der Waals surface area contributed by atoms with Crippen molar-refractivity contribution in [3.05, 3.63) is 72.7 Å². The van der Waals surface area contributed by atoms with Crippen LogP contribution in [0.1, 0.15) is 0 Å². The highest BCUT2D eigenvalue weighted by atomic mass is 32.2. The van der Waals surface area contributed by atoms with Gasteiger partial charge in [0.1, 0.15) is 27.9 Å². The molecular weight excluding hydrogens is 428 g/mol. The van der Waals surface area contributed by atoms with Crippen LogP contribution < -0.4 is 9.46 Å². The molecule has 4 aromatic rings. The number of sulfonamides is 1. The molecule has 0 saturated carbocycles. The number of imidazole rings is 1. The van der Waals surface area contributed by atoms with E-state index in [1.54, 1.807) is 30.6 Å². The molecule has 3 heterocycles. The van der Waals surface area contributed by atoms with Crippen molar-refractivity contribution in [2.75, 3.05) is 11.8 Å². The largest absolute Gasteiger partial charge is 0.480 e. The van der Waals surface area contributed by atoms with Crippen LogP contribution in [0.2, 0.25) is 0 Å². The van der Waals surface area contributed by atoms with Gasteiger partial charge in [0.15, 0.2) is 5.82 Å². The van der Waals surface area contributed by atoms with Crippen LogP contribution in [0, 0.1) is 11.6 Å². The summed E-state index contributed by atoms with van der Waals surface area (Å²) < 4.78 is 59.9. The van der Waals surface area contributed by atoms with E-state index in [0.29, 0.717) is 28.8 Å². The molecule has 11 heteroatoms. The molecule has 0 atom stereocenters. The van der Waals surface area contributed by atoms with Gasteiger partial charge in [0.25, 0.3) is 10.0 Å². The van der Waals surface area contributed by atoms with Gasteiger partial charge in [-0.25, -0.2) is 32.2 Å².